The van der Waals surface area contributed by atoms with Crippen LogP contribution in [-0.4, -0.2) is 29.1 Å². The summed E-state index contributed by atoms with van der Waals surface area (Å²) >= 11 is 11.9. The second-order valence-corrected chi connectivity index (χ2v) is 9.28. The standard InChI is InChI=1S/C23H20Cl2F5NO3/c1-12(23(28,29)30)18(14-3-5-15(24)6-4-14)19(32)31-17-10-13(2-7-16(17)25)11-21(20(33)34)8-9-22(21,26)27/h2-7,10,12,18H,8-9,11H2,1H3,(H,31,32)(H,33,34)/t12-,18+,21?/m1/s1. The zero-order chi connectivity index (χ0) is 25.5. The molecule has 4 nitrogen and oxygen atoms in total. The van der Waals surface area contributed by atoms with Crippen molar-refractivity contribution in [3.05, 3.63) is 63.6 Å². The van der Waals surface area contributed by atoms with Crippen molar-refractivity contribution in [3.63, 3.8) is 0 Å². The normalized spacial score (nSPS) is 21.3. The number of amides is 1. The number of nitrogens with one attached hydrogen (secondary N) is 1. The van der Waals surface area contributed by atoms with E-state index in [4.69, 9.17) is 23.2 Å². The Morgan fingerprint density at radius 2 is 1.71 bits per heavy atom. The number of carboxylic acid groups (broad SMARTS) is 1. The van der Waals surface area contributed by atoms with E-state index in [0.717, 1.165) is 6.92 Å². The van der Waals surface area contributed by atoms with Gasteiger partial charge in [-0.05, 0) is 48.2 Å². The van der Waals surface area contributed by atoms with Crippen LogP contribution in [0.15, 0.2) is 42.5 Å². The minimum absolute atomic E-state index is 0.0450. The SMILES string of the molecule is C[C@H]([C@H](C(=O)Nc1cc(CC2(C(=O)O)CCC2(F)F)ccc1Cl)c1ccc(Cl)cc1)C(F)(F)F. The zero-order valence-electron chi connectivity index (χ0n) is 17.7. The van der Waals surface area contributed by atoms with Crippen molar-refractivity contribution in [1.82, 2.24) is 0 Å². The monoisotopic (exact) mass is 523 g/mol. The van der Waals surface area contributed by atoms with Crippen LogP contribution in [-0.2, 0) is 16.0 Å². The van der Waals surface area contributed by atoms with Crippen LogP contribution in [0, 0.1) is 11.3 Å². The minimum Gasteiger partial charge on any atom is -0.481 e. The Labute approximate surface area is 202 Å². The van der Waals surface area contributed by atoms with Gasteiger partial charge in [-0.15, -0.1) is 0 Å². The van der Waals surface area contributed by atoms with Gasteiger partial charge in [0.05, 0.1) is 22.5 Å². The second kappa shape index (κ2) is 9.34. The maximum atomic E-state index is 14.1. The maximum absolute atomic E-state index is 14.1. The van der Waals surface area contributed by atoms with Gasteiger partial charge < -0.3 is 10.4 Å². The highest BCUT2D eigenvalue weighted by Gasteiger charge is 2.66. The molecule has 1 fully saturated rings. The summed E-state index contributed by atoms with van der Waals surface area (Å²) in [6.07, 6.45) is -6.03. The Hall–Kier alpha value is -2.39. The number of carboxylic acids is 1. The number of rotatable bonds is 7. The molecule has 0 heterocycles. The Kier molecular flexibility index (Phi) is 7.20. The van der Waals surface area contributed by atoms with E-state index >= 15 is 0 Å². The Morgan fingerprint density at radius 3 is 2.18 bits per heavy atom. The fourth-order valence-electron chi connectivity index (χ4n) is 4.04. The molecule has 34 heavy (non-hydrogen) atoms. The number of carbonyl (C=O) groups is 2. The number of hydrogen-bond acceptors (Lipinski definition) is 2. The van der Waals surface area contributed by atoms with Gasteiger partial charge in [-0.3, -0.25) is 9.59 Å². The third-order valence-corrected chi connectivity index (χ3v) is 6.88. The van der Waals surface area contributed by atoms with E-state index in [-0.39, 0.29) is 33.3 Å². The summed E-state index contributed by atoms with van der Waals surface area (Å²) in [5.41, 5.74) is -2.19. The number of aliphatic carboxylic acids is 1. The van der Waals surface area contributed by atoms with E-state index in [9.17, 15) is 36.6 Å². The Bertz CT molecular complexity index is 1090. The number of halogens is 7. The van der Waals surface area contributed by atoms with Gasteiger partial charge in [-0.1, -0.05) is 48.3 Å². The third kappa shape index (κ3) is 5.00. The van der Waals surface area contributed by atoms with Gasteiger partial charge in [0.2, 0.25) is 5.91 Å². The summed E-state index contributed by atoms with van der Waals surface area (Å²) in [5, 5.41) is 12.0. The van der Waals surface area contributed by atoms with Crippen molar-refractivity contribution >= 4 is 40.8 Å². The van der Waals surface area contributed by atoms with Crippen molar-refractivity contribution in [2.45, 2.75) is 44.2 Å². The molecule has 0 aromatic heterocycles. The minimum atomic E-state index is -4.70. The molecule has 1 amide bonds. The van der Waals surface area contributed by atoms with Crippen LogP contribution < -0.4 is 5.32 Å². The van der Waals surface area contributed by atoms with E-state index in [1.54, 1.807) is 0 Å². The second-order valence-electron chi connectivity index (χ2n) is 8.43. The van der Waals surface area contributed by atoms with Gasteiger partial charge in [0, 0.05) is 11.4 Å². The molecule has 3 atom stereocenters. The molecule has 2 aromatic rings. The van der Waals surface area contributed by atoms with Crippen molar-refractivity contribution < 1.29 is 36.6 Å². The summed E-state index contributed by atoms with van der Waals surface area (Å²) in [6.45, 7) is 0.867. The van der Waals surface area contributed by atoms with E-state index in [1.165, 1.54) is 42.5 Å². The molecule has 2 N–H and O–H groups in total. The predicted octanol–water partition coefficient (Wildman–Crippen LogP) is 6.96. The first-order valence-corrected chi connectivity index (χ1v) is 11.0. The lowest BCUT2D eigenvalue weighted by Crippen LogP contribution is -2.57. The van der Waals surface area contributed by atoms with Crippen molar-refractivity contribution in [2.75, 3.05) is 5.32 Å². The lowest BCUT2D eigenvalue weighted by molar-refractivity contribution is -0.218. The summed E-state index contributed by atoms with van der Waals surface area (Å²) in [6, 6.07) is 9.15. The number of benzene rings is 2. The van der Waals surface area contributed by atoms with Crippen LogP contribution >= 0.6 is 23.2 Å². The lowest BCUT2D eigenvalue weighted by Gasteiger charge is -2.45. The quantitative estimate of drug-likeness (QED) is 0.385. The molecule has 0 bridgehead atoms. The molecule has 184 valence electrons. The van der Waals surface area contributed by atoms with Gasteiger partial charge in [0.15, 0.2) is 0 Å². The van der Waals surface area contributed by atoms with Gasteiger partial charge in [-0.25, -0.2) is 8.78 Å². The molecule has 1 saturated carbocycles. The Morgan fingerprint density at radius 1 is 1.09 bits per heavy atom. The number of hydrogen-bond donors (Lipinski definition) is 2. The number of anilines is 1. The molecular formula is C23H20Cl2F5NO3. The van der Waals surface area contributed by atoms with E-state index in [0.29, 0.717) is 0 Å². The molecule has 1 aliphatic rings. The average molecular weight is 524 g/mol. The van der Waals surface area contributed by atoms with E-state index in [1.807, 2.05) is 0 Å². The van der Waals surface area contributed by atoms with Gasteiger partial charge in [0.25, 0.3) is 5.92 Å². The van der Waals surface area contributed by atoms with Crippen LogP contribution in [0.3, 0.4) is 0 Å². The molecule has 3 rings (SSSR count). The van der Waals surface area contributed by atoms with Crippen molar-refractivity contribution in [2.24, 2.45) is 11.3 Å². The van der Waals surface area contributed by atoms with E-state index < -0.39 is 54.1 Å². The highest BCUT2D eigenvalue weighted by molar-refractivity contribution is 6.33. The summed E-state index contributed by atoms with van der Waals surface area (Å²) in [4.78, 5) is 24.6. The molecule has 0 aliphatic heterocycles. The third-order valence-electron chi connectivity index (χ3n) is 6.30. The fraction of sp³-hybridized carbons (Fsp3) is 0.391. The van der Waals surface area contributed by atoms with Crippen LogP contribution in [0.5, 0.6) is 0 Å². The topological polar surface area (TPSA) is 66.4 Å². The maximum Gasteiger partial charge on any atom is 0.392 e. The molecular weight excluding hydrogens is 504 g/mol. The van der Waals surface area contributed by atoms with Crippen molar-refractivity contribution in [3.8, 4) is 0 Å². The Balaban J connectivity index is 1.91. The number of alkyl halides is 5. The molecule has 11 heteroatoms. The van der Waals surface area contributed by atoms with E-state index in [2.05, 4.69) is 5.32 Å². The summed E-state index contributed by atoms with van der Waals surface area (Å²) in [5.74, 6) is -9.80. The highest BCUT2D eigenvalue weighted by atomic mass is 35.5. The largest absolute Gasteiger partial charge is 0.481 e. The summed E-state index contributed by atoms with van der Waals surface area (Å²) in [7, 11) is 0. The summed E-state index contributed by atoms with van der Waals surface area (Å²) < 4.78 is 68.8. The zero-order valence-corrected chi connectivity index (χ0v) is 19.2. The molecule has 0 saturated heterocycles. The van der Waals surface area contributed by atoms with Crippen molar-refractivity contribution in [1.29, 1.82) is 0 Å². The molecule has 1 unspecified atom stereocenters. The highest BCUT2D eigenvalue weighted by Crippen LogP contribution is 2.56. The van der Waals surface area contributed by atoms with Gasteiger partial charge >= 0.3 is 12.1 Å². The van der Waals surface area contributed by atoms with Gasteiger partial charge in [-0.2, -0.15) is 13.2 Å². The average Bonchev–Trinajstić information content (AvgIpc) is 2.73. The number of carbonyl (C=O) groups excluding carboxylic acids is 1. The van der Waals surface area contributed by atoms with Crippen LogP contribution in [0.1, 0.15) is 36.8 Å². The first-order valence-electron chi connectivity index (χ1n) is 10.2. The molecule has 1 aliphatic carbocycles. The van der Waals surface area contributed by atoms with Crippen LogP contribution in [0.2, 0.25) is 10.0 Å². The first kappa shape index (κ1) is 26.2. The predicted molar refractivity (Wildman–Crippen MR) is 117 cm³/mol. The molecule has 2 aromatic carbocycles. The van der Waals surface area contributed by atoms with Gasteiger partial charge in [0.1, 0.15) is 5.41 Å². The lowest BCUT2D eigenvalue weighted by atomic mass is 9.62. The smallest absolute Gasteiger partial charge is 0.392 e. The fourth-order valence-corrected chi connectivity index (χ4v) is 4.33. The first-order chi connectivity index (χ1) is 15.7. The van der Waals surface area contributed by atoms with Crippen LogP contribution in [0.25, 0.3) is 0 Å². The van der Waals surface area contributed by atoms with Crippen LogP contribution in [0.4, 0.5) is 27.6 Å². The molecule has 0 radical (unpaired) electrons. The molecule has 0 spiro atoms.